The molecular weight excluding hydrogens is 701 g/mol. The monoisotopic (exact) mass is 756 g/mol. The van der Waals surface area contributed by atoms with E-state index in [-0.39, 0.29) is 35.4 Å². The van der Waals surface area contributed by atoms with E-state index in [2.05, 4.69) is 113 Å². The molecule has 3 fully saturated rings. The van der Waals surface area contributed by atoms with Gasteiger partial charge in [0.1, 0.15) is 17.7 Å². The van der Waals surface area contributed by atoms with Gasteiger partial charge >= 0.3 is 6.09 Å². The number of hydrogen-bond acceptors (Lipinski definition) is 7. The number of carbonyl (C=O) groups is 2. The summed E-state index contributed by atoms with van der Waals surface area (Å²) in [5.41, 5.74) is 9.16. The van der Waals surface area contributed by atoms with Crippen molar-refractivity contribution < 1.29 is 14.3 Å². The third-order valence-electron chi connectivity index (χ3n) is 12.2. The van der Waals surface area contributed by atoms with Crippen LogP contribution in [0.2, 0.25) is 0 Å². The minimum atomic E-state index is -0.675. The number of nitrogens with zero attached hydrogens (tertiary/aromatic N) is 4. The number of H-pyrrole nitrogens is 2. The Balaban J connectivity index is 1.07. The molecule has 11 nitrogen and oxygen atoms in total. The van der Waals surface area contributed by atoms with E-state index in [0.717, 1.165) is 72.6 Å². The van der Waals surface area contributed by atoms with E-state index in [0.29, 0.717) is 12.6 Å². The summed E-state index contributed by atoms with van der Waals surface area (Å²) in [6, 6.07) is 24.6. The molecule has 8 rings (SSSR count). The van der Waals surface area contributed by atoms with Crippen LogP contribution in [0.1, 0.15) is 126 Å². The average molecular weight is 757 g/mol. The first-order chi connectivity index (χ1) is 27.0. The van der Waals surface area contributed by atoms with E-state index in [1.54, 1.807) is 0 Å². The minimum Gasteiger partial charge on any atom is -0.453 e. The molecule has 0 aliphatic carbocycles. The maximum Gasteiger partial charge on any atom is 0.407 e. The fourth-order valence-corrected chi connectivity index (χ4v) is 9.03. The Labute approximate surface area is 330 Å². The quantitative estimate of drug-likeness (QED) is 0.118. The highest BCUT2D eigenvalue weighted by molar-refractivity contribution is 5.86. The maximum atomic E-state index is 13.8. The number of nitrogens with one attached hydrogen (secondary N) is 4. The second-order valence-corrected chi connectivity index (χ2v) is 17.2. The maximum absolute atomic E-state index is 13.8. The van der Waals surface area contributed by atoms with Gasteiger partial charge in [-0.1, -0.05) is 77.1 Å². The van der Waals surface area contributed by atoms with Crippen LogP contribution in [0, 0.1) is 5.92 Å². The Morgan fingerprint density at radius 3 is 2.27 bits per heavy atom. The third-order valence-corrected chi connectivity index (χ3v) is 12.2. The number of alkyl carbamates (subject to hydrolysis) is 1. The van der Waals surface area contributed by atoms with Crippen LogP contribution in [-0.2, 0) is 14.9 Å². The van der Waals surface area contributed by atoms with E-state index in [4.69, 9.17) is 14.7 Å². The van der Waals surface area contributed by atoms with Crippen molar-refractivity contribution in [2.45, 2.75) is 109 Å². The Hall–Kier alpha value is -5.16. The molecule has 0 radical (unpaired) electrons. The second kappa shape index (κ2) is 15.4. The van der Waals surface area contributed by atoms with Crippen molar-refractivity contribution >= 4 is 28.7 Å². The number of methoxy groups -OCH3 is 1. The average Bonchev–Trinajstić information content (AvgIpc) is 4.05. The van der Waals surface area contributed by atoms with E-state index >= 15 is 0 Å². The summed E-state index contributed by atoms with van der Waals surface area (Å²) in [5.74, 6) is 1.60. The topological polar surface area (TPSA) is 131 Å². The lowest BCUT2D eigenvalue weighted by atomic mass is 9.87. The van der Waals surface area contributed by atoms with Crippen molar-refractivity contribution in [2.24, 2.45) is 5.92 Å². The summed E-state index contributed by atoms with van der Waals surface area (Å²) in [4.78, 5) is 47.3. The van der Waals surface area contributed by atoms with Crippen LogP contribution >= 0.6 is 0 Å². The lowest BCUT2D eigenvalue weighted by Gasteiger charge is -2.34. The first-order valence-electron chi connectivity index (χ1n) is 20.4. The van der Waals surface area contributed by atoms with E-state index in [1.165, 1.54) is 35.9 Å². The molecular formula is C45H56N8O3. The summed E-state index contributed by atoms with van der Waals surface area (Å²) in [5, 5.41) is 6.29. The minimum absolute atomic E-state index is 0.0645. The van der Waals surface area contributed by atoms with Gasteiger partial charge in [0.25, 0.3) is 0 Å². The molecule has 11 heteroatoms. The van der Waals surface area contributed by atoms with Gasteiger partial charge in [-0.2, -0.15) is 0 Å². The predicted octanol–water partition coefficient (Wildman–Crippen LogP) is 8.80. The standard InChI is InChI=1S/C45H56N8O3/c1-27(2)40(51-44(55)56-6)43(54)52-24-8-10-39(52)42-48-33-20-15-30(25-35(33)49-42)38-22-21-37(53(38)32-18-16-31(17-19-32)45(3,4)5)29-13-11-28(12-14-29)36-26-47-41(50-36)34-9-7-23-46-34/h11-20,25-27,34,37-40,46H,7-10,21-24H2,1-6H3,(H,47,50)(H,48,49)(H,51,55)/t34-,37?,38?,39-,40-/m0/s1. The smallest absolute Gasteiger partial charge is 0.407 e. The third kappa shape index (κ3) is 7.41. The number of carbonyl (C=O) groups excluding carboxylic acids is 2. The van der Waals surface area contributed by atoms with Gasteiger partial charge in [-0.05, 0) is 103 Å². The fourth-order valence-electron chi connectivity index (χ4n) is 9.03. The van der Waals surface area contributed by atoms with Crippen LogP contribution in [0.25, 0.3) is 22.3 Å². The van der Waals surface area contributed by atoms with Crippen molar-refractivity contribution in [2.75, 3.05) is 25.1 Å². The number of rotatable bonds is 9. The number of likely N-dealkylation sites (tertiary alicyclic amines) is 1. The summed E-state index contributed by atoms with van der Waals surface area (Å²) in [7, 11) is 1.32. The molecule has 0 bridgehead atoms. The Kier molecular flexibility index (Phi) is 10.4. The zero-order valence-corrected chi connectivity index (χ0v) is 33.6. The van der Waals surface area contributed by atoms with E-state index in [9.17, 15) is 9.59 Å². The van der Waals surface area contributed by atoms with Gasteiger partial charge in [0, 0.05) is 12.2 Å². The molecule has 2 amide bonds. The van der Waals surface area contributed by atoms with Gasteiger partial charge in [-0.15, -0.1) is 0 Å². The Morgan fingerprint density at radius 1 is 0.857 bits per heavy atom. The molecule has 0 spiro atoms. The van der Waals surface area contributed by atoms with Crippen LogP contribution < -0.4 is 15.5 Å². The second-order valence-electron chi connectivity index (χ2n) is 17.2. The molecule has 3 saturated heterocycles. The van der Waals surface area contributed by atoms with Crippen LogP contribution in [0.4, 0.5) is 10.5 Å². The molecule has 56 heavy (non-hydrogen) atoms. The Bertz CT molecular complexity index is 2160. The van der Waals surface area contributed by atoms with Crippen molar-refractivity contribution in [1.29, 1.82) is 0 Å². The zero-order valence-electron chi connectivity index (χ0n) is 33.6. The van der Waals surface area contributed by atoms with E-state index < -0.39 is 12.1 Å². The highest BCUT2D eigenvalue weighted by Gasteiger charge is 2.39. The highest BCUT2D eigenvalue weighted by Crippen LogP contribution is 2.48. The van der Waals surface area contributed by atoms with Crippen LogP contribution in [-0.4, -0.2) is 63.1 Å². The summed E-state index contributed by atoms with van der Waals surface area (Å²) >= 11 is 0. The number of hydrogen-bond donors (Lipinski definition) is 4. The molecule has 5 atom stereocenters. The number of ether oxygens (including phenoxy) is 1. The molecule has 4 N–H and O–H groups in total. The summed E-state index contributed by atoms with van der Waals surface area (Å²) in [6.45, 7) is 12.3. The number of aromatic amines is 2. The molecule has 0 saturated carbocycles. The molecule has 3 aliphatic heterocycles. The largest absolute Gasteiger partial charge is 0.453 e. The lowest BCUT2D eigenvalue weighted by molar-refractivity contribution is -0.135. The number of benzene rings is 3. The first-order valence-corrected chi connectivity index (χ1v) is 20.4. The first kappa shape index (κ1) is 37.7. The molecule has 3 aromatic carbocycles. The van der Waals surface area contributed by atoms with Crippen molar-refractivity contribution in [3.8, 4) is 11.3 Å². The number of aromatic nitrogens is 4. The predicted molar refractivity (Wildman–Crippen MR) is 220 cm³/mol. The van der Waals surface area contributed by atoms with Gasteiger partial charge in [-0.3, -0.25) is 4.79 Å². The normalized spacial score (nSPS) is 22.0. The van der Waals surface area contributed by atoms with E-state index in [1.807, 2.05) is 24.9 Å². The van der Waals surface area contributed by atoms with Gasteiger partial charge in [-0.25, -0.2) is 14.8 Å². The molecule has 2 unspecified atom stereocenters. The number of amides is 2. The number of fused-ring (bicyclic) bond motifs is 1. The number of imidazole rings is 2. The molecule has 2 aromatic heterocycles. The van der Waals surface area contributed by atoms with Crippen LogP contribution in [0.15, 0.2) is 72.9 Å². The Morgan fingerprint density at radius 2 is 1.59 bits per heavy atom. The number of anilines is 1. The van der Waals surface area contributed by atoms with Crippen LogP contribution in [0.3, 0.4) is 0 Å². The highest BCUT2D eigenvalue weighted by atomic mass is 16.5. The van der Waals surface area contributed by atoms with Gasteiger partial charge in [0.05, 0.1) is 54.2 Å². The fraction of sp³-hybridized carbons (Fsp3) is 0.467. The zero-order chi connectivity index (χ0) is 39.1. The lowest BCUT2D eigenvalue weighted by Crippen LogP contribution is -2.51. The SMILES string of the molecule is COC(=O)N[C@H](C(=O)N1CCC[C@H]1c1nc2ccc(C3CCC(c4ccc(-c5cnc([C@@H]6CCCN6)[nH]5)cc4)N3c3ccc(C(C)(C)C)cc3)cc2[nH]1)C(C)C. The summed E-state index contributed by atoms with van der Waals surface area (Å²) in [6.07, 6.45) is 7.37. The van der Waals surface area contributed by atoms with Gasteiger partial charge < -0.3 is 35.1 Å². The van der Waals surface area contributed by atoms with Crippen LogP contribution in [0.5, 0.6) is 0 Å². The van der Waals surface area contributed by atoms with Crippen molar-refractivity contribution in [3.63, 3.8) is 0 Å². The molecule has 5 heterocycles. The van der Waals surface area contributed by atoms with Gasteiger partial charge in [0.15, 0.2) is 0 Å². The molecule has 5 aromatic rings. The molecule has 294 valence electrons. The van der Waals surface area contributed by atoms with Crippen molar-refractivity contribution in [3.05, 3.63) is 101 Å². The molecule has 3 aliphatic rings. The van der Waals surface area contributed by atoms with Crippen molar-refractivity contribution in [1.82, 2.24) is 35.5 Å². The summed E-state index contributed by atoms with van der Waals surface area (Å²) < 4.78 is 4.82. The van der Waals surface area contributed by atoms with Gasteiger partial charge in [0.2, 0.25) is 5.91 Å².